The summed E-state index contributed by atoms with van der Waals surface area (Å²) in [6, 6.07) is 23.0. The highest BCUT2D eigenvalue weighted by Gasteiger charge is 2.16. The van der Waals surface area contributed by atoms with Crippen molar-refractivity contribution in [2.45, 2.75) is 13.8 Å². The number of benzene rings is 4. The minimum Gasteiger partial charge on any atom is -0.495 e. The number of anilines is 1. The molecule has 5 aromatic rings. The highest BCUT2D eigenvalue weighted by atomic mass is 16.5. The fraction of sp³-hybridized carbons (Fsp3) is 0.111. The molecule has 1 N–H and O–H groups in total. The van der Waals surface area contributed by atoms with Gasteiger partial charge in [0, 0.05) is 11.1 Å². The van der Waals surface area contributed by atoms with Crippen LogP contribution in [0.3, 0.4) is 0 Å². The van der Waals surface area contributed by atoms with Crippen LogP contribution in [0.15, 0.2) is 77.2 Å². The summed E-state index contributed by atoms with van der Waals surface area (Å²) in [5, 5.41) is 4.91. The smallest absolute Gasteiger partial charge is 0.256 e. The molecule has 0 aliphatic carbocycles. The summed E-state index contributed by atoms with van der Waals surface area (Å²) in [5.41, 5.74) is 5.76. The van der Waals surface area contributed by atoms with E-state index in [1.165, 1.54) is 0 Å². The molecule has 0 saturated heterocycles. The topological polar surface area (TPSA) is 64.4 Å². The summed E-state index contributed by atoms with van der Waals surface area (Å²) in [4.78, 5) is 17.8. The van der Waals surface area contributed by atoms with Crippen molar-refractivity contribution in [1.29, 1.82) is 0 Å². The van der Waals surface area contributed by atoms with Crippen LogP contribution in [-0.4, -0.2) is 18.0 Å². The van der Waals surface area contributed by atoms with Crippen LogP contribution in [-0.2, 0) is 0 Å². The van der Waals surface area contributed by atoms with Crippen molar-refractivity contribution in [3.05, 3.63) is 89.5 Å². The molecule has 0 radical (unpaired) electrons. The maximum absolute atomic E-state index is 13.2. The highest BCUT2D eigenvalue weighted by Crippen LogP contribution is 2.33. The van der Waals surface area contributed by atoms with E-state index in [1.807, 2.05) is 73.7 Å². The number of aromatic nitrogens is 1. The molecule has 0 spiro atoms. The van der Waals surface area contributed by atoms with Crippen LogP contribution in [0.5, 0.6) is 5.75 Å². The average molecular weight is 422 g/mol. The molecule has 0 saturated carbocycles. The first-order valence-electron chi connectivity index (χ1n) is 10.4. The van der Waals surface area contributed by atoms with Gasteiger partial charge in [0.2, 0.25) is 5.89 Å². The summed E-state index contributed by atoms with van der Waals surface area (Å²) in [6.45, 7) is 4.10. The Morgan fingerprint density at radius 3 is 2.56 bits per heavy atom. The summed E-state index contributed by atoms with van der Waals surface area (Å²) in [5.74, 6) is 0.847. The Morgan fingerprint density at radius 1 is 0.938 bits per heavy atom. The number of methoxy groups -OCH3 is 1. The molecule has 1 aromatic heterocycles. The van der Waals surface area contributed by atoms with Crippen molar-refractivity contribution in [1.82, 2.24) is 4.98 Å². The van der Waals surface area contributed by atoms with Crippen molar-refractivity contribution in [3.63, 3.8) is 0 Å². The van der Waals surface area contributed by atoms with Crippen LogP contribution in [0.25, 0.3) is 33.3 Å². The van der Waals surface area contributed by atoms with Crippen molar-refractivity contribution in [2.24, 2.45) is 0 Å². The van der Waals surface area contributed by atoms with E-state index in [0.29, 0.717) is 22.9 Å². The Hall–Kier alpha value is -4.12. The predicted molar refractivity (Wildman–Crippen MR) is 127 cm³/mol. The molecule has 0 unspecified atom stereocenters. The number of fused-ring (bicyclic) bond motifs is 2. The maximum atomic E-state index is 13.2. The maximum Gasteiger partial charge on any atom is 0.256 e. The quantitative estimate of drug-likeness (QED) is 0.358. The van der Waals surface area contributed by atoms with Gasteiger partial charge >= 0.3 is 0 Å². The summed E-state index contributed by atoms with van der Waals surface area (Å²) < 4.78 is 11.5. The van der Waals surface area contributed by atoms with Gasteiger partial charge in [-0.25, -0.2) is 4.98 Å². The van der Waals surface area contributed by atoms with Crippen molar-refractivity contribution >= 4 is 33.5 Å². The van der Waals surface area contributed by atoms with Crippen LogP contribution in [0.1, 0.15) is 21.5 Å². The average Bonchev–Trinajstić information content (AvgIpc) is 3.21. The number of hydrogen-bond donors (Lipinski definition) is 1. The van der Waals surface area contributed by atoms with Gasteiger partial charge in [-0.05, 0) is 72.1 Å². The number of carbonyl (C=O) groups excluding carboxylic acids is 1. The van der Waals surface area contributed by atoms with E-state index in [1.54, 1.807) is 13.2 Å². The standard InChI is InChI=1S/C27H22N2O3/c1-16-13-22-25(14-17(16)2)32-27(29-22)19-11-12-24(31-3)23(15-19)28-26(30)21-10-6-8-18-7-4-5-9-20(18)21/h4-15H,1-3H3,(H,28,30). The zero-order chi connectivity index (χ0) is 22.2. The first kappa shape index (κ1) is 19.8. The number of nitrogens with zero attached hydrogens (tertiary/aromatic N) is 1. The zero-order valence-corrected chi connectivity index (χ0v) is 18.1. The molecule has 0 bridgehead atoms. The monoisotopic (exact) mass is 422 g/mol. The van der Waals surface area contributed by atoms with Crippen LogP contribution in [0, 0.1) is 13.8 Å². The molecule has 0 aliphatic rings. The predicted octanol–water partition coefficient (Wildman–Crippen LogP) is 6.53. The molecular weight excluding hydrogens is 400 g/mol. The van der Waals surface area contributed by atoms with Crippen molar-refractivity contribution < 1.29 is 13.9 Å². The van der Waals surface area contributed by atoms with Gasteiger partial charge < -0.3 is 14.5 Å². The van der Waals surface area contributed by atoms with Gasteiger partial charge in [0.25, 0.3) is 5.91 Å². The zero-order valence-electron chi connectivity index (χ0n) is 18.1. The van der Waals surface area contributed by atoms with Gasteiger partial charge in [-0.3, -0.25) is 4.79 Å². The summed E-state index contributed by atoms with van der Waals surface area (Å²) >= 11 is 0. The Bertz CT molecular complexity index is 1440. The third-order valence-electron chi connectivity index (χ3n) is 5.73. The highest BCUT2D eigenvalue weighted by molar-refractivity contribution is 6.13. The fourth-order valence-corrected chi connectivity index (χ4v) is 3.86. The number of ether oxygens (including phenoxy) is 1. The Balaban J connectivity index is 1.53. The number of rotatable bonds is 4. The Morgan fingerprint density at radius 2 is 1.72 bits per heavy atom. The minimum absolute atomic E-state index is 0.207. The largest absolute Gasteiger partial charge is 0.495 e. The Kier molecular flexibility index (Phi) is 4.86. The molecular formula is C27H22N2O3. The van der Waals surface area contributed by atoms with Gasteiger partial charge in [-0.2, -0.15) is 0 Å². The van der Waals surface area contributed by atoms with Crippen LogP contribution in [0.2, 0.25) is 0 Å². The third-order valence-corrected chi connectivity index (χ3v) is 5.73. The lowest BCUT2D eigenvalue weighted by Crippen LogP contribution is -2.13. The van der Waals surface area contributed by atoms with Gasteiger partial charge in [0.15, 0.2) is 5.58 Å². The van der Waals surface area contributed by atoms with E-state index in [4.69, 9.17) is 9.15 Å². The number of carbonyl (C=O) groups is 1. The molecule has 5 nitrogen and oxygen atoms in total. The summed E-state index contributed by atoms with van der Waals surface area (Å²) in [7, 11) is 1.58. The number of aryl methyl sites for hydroxylation is 2. The van der Waals surface area contributed by atoms with E-state index in [-0.39, 0.29) is 5.91 Å². The van der Waals surface area contributed by atoms with Crippen LogP contribution < -0.4 is 10.1 Å². The molecule has 32 heavy (non-hydrogen) atoms. The number of amides is 1. The normalized spacial score (nSPS) is 11.1. The molecule has 5 heteroatoms. The van der Waals surface area contributed by atoms with E-state index in [0.717, 1.165) is 38.6 Å². The molecule has 0 aliphatic heterocycles. The molecule has 158 valence electrons. The third kappa shape index (κ3) is 3.48. The molecule has 0 fully saturated rings. The number of hydrogen-bond acceptors (Lipinski definition) is 4. The van der Waals surface area contributed by atoms with E-state index < -0.39 is 0 Å². The summed E-state index contributed by atoms with van der Waals surface area (Å²) in [6.07, 6.45) is 0. The van der Waals surface area contributed by atoms with Crippen molar-refractivity contribution in [2.75, 3.05) is 12.4 Å². The van der Waals surface area contributed by atoms with Gasteiger partial charge in [0.1, 0.15) is 11.3 Å². The molecule has 1 heterocycles. The van der Waals surface area contributed by atoms with Gasteiger partial charge in [-0.1, -0.05) is 36.4 Å². The molecule has 5 rings (SSSR count). The van der Waals surface area contributed by atoms with E-state index >= 15 is 0 Å². The lowest BCUT2D eigenvalue weighted by Gasteiger charge is -2.12. The van der Waals surface area contributed by atoms with E-state index in [9.17, 15) is 4.79 Å². The second-order valence-corrected chi connectivity index (χ2v) is 7.82. The second-order valence-electron chi connectivity index (χ2n) is 7.82. The fourth-order valence-electron chi connectivity index (χ4n) is 3.86. The Labute approximate surface area is 185 Å². The molecule has 4 aromatic carbocycles. The first-order valence-corrected chi connectivity index (χ1v) is 10.4. The molecule has 0 atom stereocenters. The second kappa shape index (κ2) is 7.85. The lowest BCUT2D eigenvalue weighted by atomic mass is 10.0. The number of oxazole rings is 1. The number of nitrogens with one attached hydrogen (secondary N) is 1. The lowest BCUT2D eigenvalue weighted by molar-refractivity contribution is 0.102. The van der Waals surface area contributed by atoms with Gasteiger partial charge in [-0.15, -0.1) is 0 Å². The van der Waals surface area contributed by atoms with Gasteiger partial charge in [0.05, 0.1) is 12.8 Å². The first-order chi connectivity index (χ1) is 15.5. The van der Waals surface area contributed by atoms with Crippen LogP contribution in [0.4, 0.5) is 5.69 Å². The van der Waals surface area contributed by atoms with Crippen molar-refractivity contribution in [3.8, 4) is 17.2 Å². The SMILES string of the molecule is COc1ccc(-c2nc3cc(C)c(C)cc3o2)cc1NC(=O)c1cccc2ccccc12. The minimum atomic E-state index is -0.207. The van der Waals surface area contributed by atoms with E-state index in [2.05, 4.69) is 17.2 Å². The molecule has 1 amide bonds. The van der Waals surface area contributed by atoms with Crippen LogP contribution >= 0.6 is 0 Å².